The van der Waals surface area contributed by atoms with E-state index in [9.17, 15) is 10.1 Å². The number of nitrogens with zero attached hydrogens (tertiary/aromatic N) is 1. The fraction of sp³-hybridized carbons (Fsp3) is 0.500. The van der Waals surface area contributed by atoms with Crippen LogP contribution in [0.2, 0.25) is 5.02 Å². The lowest BCUT2D eigenvalue weighted by atomic mass is 10.00. The number of ether oxygens (including phenoxy) is 1. The van der Waals surface area contributed by atoms with Gasteiger partial charge in [0.25, 0.3) is 0 Å². The van der Waals surface area contributed by atoms with Crippen LogP contribution in [0, 0.1) is 10.1 Å². The van der Waals surface area contributed by atoms with Gasteiger partial charge in [-0.15, -0.1) is 0 Å². The van der Waals surface area contributed by atoms with Crippen molar-refractivity contribution in [3.05, 3.63) is 33.3 Å². The zero-order valence-corrected chi connectivity index (χ0v) is 12.8. The number of para-hydroxylation sites is 1. The summed E-state index contributed by atoms with van der Waals surface area (Å²) in [5.41, 5.74) is -0.450. The molecule has 1 fully saturated rings. The van der Waals surface area contributed by atoms with Crippen LogP contribution < -0.4 is 0 Å². The third-order valence-corrected chi connectivity index (χ3v) is 3.32. The number of benzene rings is 1. The molecule has 8 N–H and O–H groups in total. The van der Waals surface area contributed by atoms with Gasteiger partial charge >= 0.3 is 5.69 Å². The number of nitro groups is 1. The van der Waals surface area contributed by atoms with Gasteiger partial charge in [0.1, 0.15) is 29.4 Å². The van der Waals surface area contributed by atoms with Gasteiger partial charge in [0.2, 0.25) is 0 Å². The molecule has 1 aliphatic rings. The van der Waals surface area contributed by atoms with E-state index in [0.29, 0.717) is 0 Å². The Labute approximate surface area is 140 Å². The van der Waals surface area contributed by atoms with Gasteiger partial charge in [0, 0.05) is 0 Å². The predicted octanol–water partition coefficient (Wildman–Crippen LogP) is -2.09. The number of phenolic OH excluding ortho intramolecular Hbond substituents is 1. The molecule has 2 rings (SSSR count). The van der Waals surface area contributed by atoms with Crippen molar-refractivity contribution in [2.45, 2.75) is 30.7 Å². The Balaban J connectivity index is 0.000000425. The highest BCUT2D eigenvalue weighted by molar-refractivity contribution is 6.32. The molecule has 0 radical (unpaired) electrons. The number of nitro benzene ring substituents is 1. The normalized spacial score (nSPS) is 29.0. The summed E-state index contributed by atoms with van der Waals surface area (Å²) in [7, 11) is 0. The standard InChI is InChI=1S/C6H4ClNO3.C6H12O6.H2O/c7-4-2-1-3-5(9)6(4)8(10)11;7-1-2-3(8)4(9)5(10)6(11)12-2;/h1-3,9H;2-11H,1H2;1H2/t;2-,3-,4+,5-,6-;/m.1./s1. The molecular formula is C12H18ClNO10. The Hall–Kier alpha value is -1.57. The van der Waals surface area contributed by atoms with Gasteiger partial charge in [0.15, 0.2) is 12.0 Å². The highest BCUT2D eigenvalue weighted by Crippen LogP contribution is 2.32. The smallest absolute Gasteiger partial charge is 0.329 e. The van der Waals surface area contributed by atoms with Crippen molar-refractivity contribution in [2.75, 3.05) is 6.61 Å². The molecule has 12 heteroatoms. The summed E-state index contributed by atoms with van der Waals surface area (Å²) in [6.07, 6.45) is -7.04. The second-order valence-corrected chi connectivity index (χ2v) is 4.99. The molecule has 0 spiro atoms. The first-order valence-electron chi connectivity index (χ1n) is 6.31. The van der Waals surface area contributed by atoms with Crippen LogP contribution >= 0.6 is 11.6 Å². The molecule has 1 aromatic rings. The van der Waals surface area contributed by atoms with Crippen molar-refractivity contribution >= 4 is 17.3 Å². The molecule has 0 aliphatic carbocycles. The van der Waals surface area contributed by atoms with E-state index in [1.54, 1.807) is 0 Å². The molecule has 138 valence electrons. The third-order valence-electron chi connectivity index (χ3n) is 3.02. The van der Waals surface area contributed by atoms with E-state index in [1.807, 2.05) is 0 Å². The summed E-state index contributed by atoms with van der Waals surface area (Å²) in [5.74, 6) is -0.414. The monoisotopic (exact) mass is 371 g/mol. The molecular weight excluding hydrogens is 354 g/mol. The SMILES string of the molecule is O.O=[N+]([O-])c1c(O)cccc1Cl.OC[C@H]1O[C@@H](O)[C@H](O)[C@@H](O)[C@@H]1O. The Bertz CT molecular complexity index is 520. The van der Waals surface area contributed by atoms with Crippen molar-refractivity contribution in [1.29, 1.82) is 0 Å². The zero-order chi connectivity index (χ0) is 17.7. The maximum Gasteiger partial charge on any atom is 0.329 e. The van der Waals surface area contributed by atoms with Crippen LogP contribution in [0.25, 0.3) is 0 Å². The van der Waals surface area contributed by atoms with E-state index >= 15 is 0 Å². The van der Waals surface area contributed by atoms with Crippen molar-refractivity contribution in [1.82, 2.24) is 0 Å². The highest BCUT2D eigenvalue weighted by atomic mass is 35.5. The van der Waals surface area contributed by atoms with Crippen LogP contribution in [0.1, 0.15) is 0 Å². The van der Waals surface area contributed by atoms with Gasteiger partial charge in [0.05, 0.1) is 11.5 Å². The number of aliphatic hydroxyl groups excluding tert-OH is 5. The molecule has 24 heavy (non-hydrogen) atoms. The number of rotatable bonds is 2. The van der Waals surface area contributed by atoms with Crippen LogP contribution in [0.3, 0.4) is 0 Å². The summed E-state index contributed by atoms with van der Waals surface area (Å²) in [6, 6.07) is 3.99. The van der Waals surface area contributed by atoms with E-state index < -0.39 is 53.7 Å². The molecule has 1 heterocycles. The van der Waals surface area contributed by atoms with Crippen LogP contribution in [0.5, 0.6) is 5.75 Å². The van der Waals surface area contributed by atoms with Crippen molar-refractivity contribution in [3.8, 4) is 5.75 Å². The molecule has 11 nitrogen and oxygen atoms in total. The molecule has 1 saturated heterocycles. The molecule has 0 aromatic heterocycles. The zero-order valence-electron chi connectivity index (χ0n) is 12.1. The van der Waals surface area contributed by atoms with E-state index in [1.165, 1.54) is 18.2 Å². The molecule has 0 bridgehead atoms. The number of hydrogen-bond acceptors (Lipinski definition) is 9. The summed E-state index contributed by atoms with van der Waals surface area (Å²) in [6.45, 7) is -0.526. The Morgan fingerprint density at radius 1 is 1.17 bits per heavy atom. The van der Waals surface area contributed by atoms with Crippen molar-refractivity contribution in [3.63, 3.8) is 0 Å². The van der Waals surface area contributed by atoms with Gasteiger partial charge in [-0.2, -0.15) is 0 Å². The van der Waals surface area contributed by atoms with Crippen LogP contribution in [-0.4, -0.2) is 78.4 Å². The average Bonchev–Trinajstić information content (AvgIpc) is 2.49. The average molecular weight is 372 g/mol. The van der Waals surface area contributed by atoms with Gasteiger partial charge in [-0.3, -0.25) is 10.1 Å². The minimum atomic E-state index is -1.57. The fourth-order valence-corrected chi connectivity index (χ4v) is 2.00. The second kappa shape index (κ2) is 9.66. The topological polar surface area (TPSA) is 205 Å². The largest absolute Gasteiger partial charge is 0.502 e. The maximum atomic E-state index is 10.2. The molecule has 0 saturated carbocycles. The number of halogens is 1. The summed E-state index contributed by atoms with van der Waals surface area (Å²) in [5, 5.41) is 63.7. The minimum Gasteiger partial charge on any atom is -0.502 e. The predicted molar refractivity (Wildman–Crippen MR) is 79.4 cm³/mol. The van der Waals surface area contributed by atoms with Gasteiger partial charge in [-0.25, -0.2) is 0 Å². The summed E-state index contributed by atoms with van der Waals surface area (Å²) < 4.78 is 4.58. The van der Waals surface area contributed by atoms with E-state index in [-0.39, 0.29) is 10.5 Å². The summed E-state index contributed by atoms with van der Waals surface area (Å²) in [4.78, 5) is 9.48. The van der Waals surface area contributed by atoms with E-state index in [2.05, 4.69) is 4.74 Å². The molecule has 5 atom stereocenters. The van der Waals surface area contributed by atoms with Gasteiger partial charge in [-0.1, -0.05) is 17.7 Å². The highest BCUT2D eigenvalue weighted by Gasteiger charge is 2.42. The van der Waals surface area contributed by atoms with Crippen LogP contribution in [0.15, 0.2) is 18.2 Å². The molecule has 1 aliphatic heterocycles. The van der Waals surface area contributed by atoms with E-state index in [4.69, 9.17) is 42.2 Å². The first-order chi connectivity index (χ1) is 10.7. The van der Waals surface area contributed by atoms with Crippen molar-refractivity contribution in [2.24, 2.45) is 0 Å². The van der Waals surface area contributed by atoms with Crippen molar-refractivity contribution < 1.29 is 45.8 Å². The first kappa shape index (κ1) is 22.4. The quantitative estimate of drug-likeness (QED) is 0.248. The number of phenols is 1. The number of aromatic hydroxyl groups is 1. The van der Waals surface area contributed by atoms with Gasteiger partial charge in [-0.05, 0) is 12.1 Å². The fourth-order valence-electron chi connectivity index (χ4n) is 1.77. The van der Waals surface area contributed by atoms with E-state index in [0.717, 1.165) is 0 Å². The lowest BCUT2D eigenvalue weighted by Gasteiger charge is -2.37. The molecule has 0 amide bonds. The Kier molecular flexibility index (Phi) is 9.03. The first-order valence-corrected chi connectivity index (χ1v) is 6.69. The molecule has 0 unspecified atom stereocenters. The molecule has 1 aromatic carbocycles. The Morgan fingerprint density at radius 2 is 1.75 bits per heavy atom. The third kappa shape index (κ3) is 5.22. The van der Waals surface area contributed by atoms with Crippen LogP contribution in [0.4, 0.5) is 5.69 Å². The lowest BCUT2D eigenvalue weighted by molar-refractivity contribution is -0.385. The summed E-state index contributed by atoms with van der Waals surface area (Å²) >= 11 is 5.42. The lowest BCUT2D eigenvalue weighted by Crippen LogP contribution is -2.58. The number of hydrogen-bond donors (Lipinski definition) is 6. The maximum absolute atomic E-state index is 10.2. The number of aliphatic hydroxyl groups is 5. The second-order valence-electron chi connectivity index (χ2n) is 4.58. The minimum absolute atomic E-state index is 0. The van der Waals surface area contributed by atoms with Gasteiger partial charge < -0.3 is 40.9 Å². The van der Waals surface area contributed by atoms with Crippen LogP contribution in [-0.2, 0) is 4.74 Å². The Morgan fingerprint density at radius 3 is 2.17 bits per heavy atom.